The Morgan fingerprint density at radius 2 is 1.10 bits per heavy atom. The summed E-state index contributed by atoms with van der Waals surface area (Å²) in [6.07, 6.45) is 4.69. The van der Waals surface area contributed by atoms with Crippen molar-refractivity contribution in [2.45, 2.75) is 82.5 Å². The van der Waals surface area contributed by atoms with Gasteiger partial charge in [-0.3, -0.25) is 0 Å². The molecule has 0 amide bonds. The number of rotatable bonds is 18. The van der Waals surface area contributed by atoms with Gasteiger partial charge in [0.25, 0.3) is 0 Å². The first-order chi connectivity index (χ1) is 23.7. The first-order valence-electron chi connectivity index (χ1n) is 15.9. The largest absolute Gasteiger partial charge is 0.494 e. The first kappa shape index (κ1) is 39.8. The smallest absolute Gasteiger partial charge is 0.381 e. The standard InChI is InChI=1S/C37H36F8O5/c1-2-3-4-5-6-7-8-9-24-48-30-20-14-27(15-21-30)11-10-26-12-16-29(17-13-26)33(47)50-31-22-18-28(19-23-31)32(46)49-25-35(40,41)37(44,45)36(42,43)34(38)39/h12-23,34H,2-9,24-25H2,1H3. The SMILES string of the molecule is CCCCCCCCCCOc1ccc(C#Cc2ccc(C(=O)Oc3ccc(C(=O)OCC(F)(F)C(F)(F)C(F)(F)C(F)F)cc3)cc2)cc1. The zero-order chi connectivity index (χ0) is 36.8. The van der Waals surface area contributed by atoms with Crippen molar-refractivity contribution in [3.05, 3.63) is 95.1 Å². The Bertz CT molecular complexity index is 1580. The second-order valence-electron chi connectivity index (χ2n) is 11.4. The van der Waals surface area contributed by atoms with Gasteiger partial charge in [-0.15, -0.1) is 0 Å². The molecular formula is C37H36F8O5. The van der Waals surface area contributed by atoms with Crippen LogP contribution in [0.25, 0.3) is 0 Å². The highest BCUT2D eigenvalue weighted by atomic mass is 19.4. The first-order valence-corrected chi connectivity index (χ1v) is 15.9. The van der Waals surface area contributed by atoms with Crippen LogP contribution < -0.4 is 9.47 Å². The predicted molar refractivity (Wildman–Crippen MR) is 169 cm³/mol. The zero-order valence-electron chi connectivity index (χ0n) is 27.1. The Morgan fingerprint density at radius 1 is 0.640 bits per heavy atom. The number of carbonyl (C=O) groups excluding carboxylic acids is 2. The number of carbonyl (C=O) groups is 2. The second-order valence-corrected chi connectivity index (χ2v) is 11.4. The lowest BCUT2D eigenvalue weighted by atomic mass is 10.1. The molecule has 0 heterocycles. The number of benzene rings is 3. The van der Waals surface area contributed by atoms with Crippen LogP contribution in [0.1, 0.15) is 90.1 Å². The van der Waals surface area contributed by atoms with Gasteiger partial charge in [-0.1, -0.05) is 63.7 Å². The quantitative estimate of drug-likeness (QED) is 0.0432. The third-order valence-corrected chi connectivity index (χ3v) is 7.43. The fourth-order valence-corrected chi connectivity index (χ4v) is 4.43. The molecule has 0 spiro atoms. The highest BCUT2D eigenvalue weighted by Crippen LogP contribution is 2.48. The van der Waals surface area contributed by atoms with E-state index in [9.17, 15) is 44.7 Å². The van der Waals surface area contributed by atoms with Crippen molar-refractivity contribution >= 4 is 11.9 Å². The van der Waals surface area contributed by atoms with Gasteiger partial charge in [0.05, 0.1) is 17.7 Å². The number of unbranched alkanes of at least 4 members (excludes halogenated alkanes) is 7. The van der Waals surface area contributed by atoms with Gasteiger partial charge in [0.2, 0.25) is 0 Å². The third kappa shape index (κ3) is 11.2. The van der Waals surface area contributed by atoms with E-state index in [2.05, 4.69) is 23.5 Å². The van der Waals surface area contributed by atoms with Crippen molar-refractivity contribution in [3.63, 3.8) is 0 Å². The predicted octanol–water partition coefficient (Wildman–Crippen LogP) is 10.2. The van der Waals surface area contributed by atoms with E-state index in [4.69, 9.17) is 9.47 Å². The summed E-state index contributed by atoms with van der Waals surface area (Å²) in [5.74, 6) is -14.5. The summed E-state index contributed by atoms with van der Waals surface area (Å²) in [6.45, 7) is 0.268. The molecule has 0 aliphatic rings. The third-order valence-electron chi connectivity index (χ3n) is 7.43. The second kappa shape index (κ2) is 18.4. The molecule has 0 aliphatic heterocycles. The van der Waals surface area contributed by atoms with E-state index in [1.165, 1.54) is 50.7 Å². The molecule has 50 heavy (non-hydrogen) atoms. The molecule has 270 valence electrons. The number of alkyl halides is 8. The average molecular weight is 713 g/mol. The lowest BCUT2D eigenvalue weighted by Crippen LogP contribution is -2.59. The topological polar surface area (TPSA) is 61.8 Å². The molecular weight excluding hydrogens is 676 g/mol. The van der Waals surface area contributed by atoms with Gasteiger partial charge < -0.3 is 14.2 Å². The Balaban J connectivity index is 1.45. The maximum absolute atomic E-state index is 13.6. The fraction of sp³-hybridized carbons (Fsp3) is 0.405. The van der Waals surface area contributed by atoms with Crippen LogP contribution in [0.2, 0.25) is 0 Å². The molecule has 0 N–H and O–H groups in total. The molecule has 3 rings (SSSR count). The maximum Gasteiger partial charge on any atom is 0.381 e. The molecule has 13 heteroatoms. The lowest BCUT2D eigenvalue weighted by molar-refractivity contribution is -0.343. The van der Waals surface area contributed by atoms with Crippen LogP contribution in [-0.2, 0) is 4.74 Å². The van der Waals surface area contributed by atoms with Crippen molar-refractivity contribution < 1.29 is 58.9 Å². The number of ether oxygens (including phenoxy) is 3. The van der Waals surface area contributed by atoms with Crippen LogP contribution in [0.3, 0.4) is 0 Å². The number of hydrogen-bond acceptors (Lipinski definition) is 5. The van der Waals surface area contributed by atoms with Crippen LogP contribution in [-0.4, -0.2) is 49.3 Å². The molecule has 0 fully saturated rings. The summed E-state index contributed by atoms with van der Waals surface area (Å²) >= 11 is 0. The molecule has 0 saturated carbocycles. The van der Waals surface area contributed by atoms with Crippen LogP contribution in [0.4, 0.5) is 35.1 Å². The molecule has 5 nitrogen and oxygen atoms in total. The summed E-state index contributed by atoms with van der Waals surface area (Å²) in [4.78, 5) is 24.5. The Kier molecular flexibility index (Phi) is 14.7. The van der Waals surface area contributed by atoms with Crippen molar-refractivity contribution in [2.75, 3.05) is 13.2 Å². The van der Waals surface area contributed by atoms with Gasteiger partial charge in [0, 0.05) is 11.1 Å². The van der Waals surface area contributed by atoms with Gasteiger partial charge >= 0.3 is 36.1 Å². The van der Waals surface area contributed by atoms with E-state index < -0.39 is 48.3 Å². The monoisotopic (exact) mass is 712 g/mol. The number of esters is 2. The minimum atomic E-state index is -6.51. The van der Waals surface area contributed by atoms with Gasteiger partial charge in [0.15, 0.2) is 6.61 Å². The van der Waals surface area contributed by atoms with E-state index in [0.29, 0.717) is 12.2 Å². The fourth-order valence-electron chi connectivity index (χ4n) is 4.43. The molecule has 3 aromatic carbocycles. The summed E-state index contributed by atoms with van der Waals surface area (Å²) in [7, 11) is 0. The van der Waals surface area contributed by atoms with E-state index in [1.807, 2.05) is 24.3 Å². The van der Waals surface area contributed by atoms with Gasteiger partial charge in [0.1, 0.15) is 11.5 Å². The highest BCUT2D eigenvalue weighted by molar-refractivity contribution is 5.92. The van der Waals surface area contributed by atoms with E-state index in [1.54, 1.807) is 12.1 Å². The molecule has 0 bridgehead atoms. The molecule has 3 aromatic rings. The molecule has 0 aromatic heterocycles. The van der Waals surface area contributed by atoms with Gasteiger partial charge in [-0.2, -0.15) is 26.3 Å². The van der Waals surface area contributed by atoms with Crippen molar-refractivity contribution in [2.24, 2.45) is 0 Å². The van der Waals surface area contributed by atoms with Crippen molar-refractivity contribution in [1.29, 1.82) is 0 Å². The molecule has 0 atom stereocenters. The summed E-state index contributed by atoms with van der Waals surface area (Å²) < 4.78 is 119. The zero-order valence-corrected chi connectivity index (χ0v) is 27.1. The van der Waals surface area contributed by atoms with Crippen molar-refractivity contribution in [1.82, 2.24) is 0 Å². The van der Waals surface area contributed by atoms with Crippen LogP contribution in [0.5, 0.6) is 11.5 Å². The Morgan fingerprint density at radius 3 is 1.64 bits per heavy atom. The van der Waals surface area contributed by atoms with Gasteiger partial charge in [-0.05, 0) is 79.2 Å². The summed E-state index contributed by atoms with van der Waals surface area (Å²) in [5, 5.41) is 0. The van der Waals surface area contributed by atoms with E-state index >= 15 is 0 Å². The molecule has 0 aliphatic carbocycles. The van der Waals surface area contributed by atoms with E-state index in [-0.39, 0.29) is 11.3 Å². The molecule has 0 radical (unpaired) electrons. The average Bonchev–Trinajstić information content (AvgIpc) is 3.09. The summed E-state index contributed by atoms with van der Waals surface area (Å²) in [6, 6.07) is 17.5. The minimum absolute atomic E-state index is 0.103. The maximum atomic E-state index is 13.6. The summed E-state index contributed by atoms with van der Waals surface area (Å²) in [5.41, 5.74) is 1.01. The normalized spacial score (nSPS) is 11.9. The van der Waals surface area contributed by atoms with Crippen LogP contribution >= 0.6 is 0 Å². The number of halogens is 8. The van der Waals surface area contributed by atoms with Gasteiger partial charge in [-0.25, -0.2) is 18.4 Å². The highest BCUT2D eigenvalue weighted by Gasteiger charge is 2.75. The van der Waals surface area contributed by atoms with Crippen LogP contribution in [0, 0.1) is 11.8 Å². The number of hydrogen-bond donors (Lipinski definition) is 0. The molecule has 0 unspecified atom stereocenters. The van der Waals surface area contributed by atoms with Crippen LogP contribution in [0.15, 0.2) is 72.8 Å². The lowest BCUT2D eigenvalue weighted by Gasteiger charge is -2.31. The minimum Gasteiger partial charge on any atom is -0.494 e. The Labute approximate surface area is 284 Å². The molecule has 0 saturated heterocycles. The van der Waals surface area contributed by atoms with E-state index in [0.717, 1.165) is 48.4 Å². The van der Waals surface area contributed by atoms with Crippen molar-refractivity contribution in [3.8, 4) is 23.3 Å². The Hall–Kier alpha value is -4.60.